The maximum atomic E-state index is 12.4. The molecule has 1 aliphatic rings. The van der Waals surface area contributed by atoms with Crippen molar-refractivity contribution in [2.24, 2.45) is 0 Å². The molecule has 3 rings (SSSR count). The van der Waals surface area contributed by atoms with Gasteiger partial charge in [-0.25, -0.2) is 9.59 Å². The van der Waals surface area contributed by atoms with Crippen molar-refractivity contribution in [3.05, 3.63) is 71.8 Å². The number of hydrogen-bond acceptors (Lipinski definition) is 7. The Morgan fingerprint density at radius 2 is 1.44 bits per heavy atom. The first-order chi connectivity index (χ1) is 13.1. The normalized spacial score (nSPS) is 24.8. The molecule has 27 heavy (non-hydrogen) atoms. The Morgan fingerprint density at radius 3 is 1.96 bits per heavy atom. The highest BCUT2D eigenvalue weighted by Crippen LogP contribution is 2.26. The van der Waals surface area contributed by atoms with Crippen molar-refractivity contribution < 1.29 is 34.0 Å². The number of carbonyl (C=O) groups excluding carboxylic acids is 2. The SMILES string of the molecule is O=C(O[C@@H]1[C@@H](OC(=O)c2ccccc2)C[C@@H](CO)O[C@@H]1O)c1ccccc1. The molecular weight excluding hydrogens is 352 g/mol. The standard InChI is InChI=1S/C20H20O7/c21-12-15-11-16(26-18(22)13-7-3-1-4-8-13)17(20(24)25-15)27-19(23)14-9-5-2-6-10-14/h1-10,15-17,20-21,24H,11-12H2/t15-,16-,17+,20-/m0/s1. The van der Waals surface area contributed by atoms with E-state index in [1.165, 1.54) is 0 Å². The fourth-order valence-electron chi connectivity index (χ4n) is 2.82. The molecule has 0 aliphatic carbocycles. The maximum Gasteiger partial charge on any atom is 0.338 e. The van der Waals surface area contributed by atoms with Gasteiger partial charge in [-0.2, -0.15) is 0 Å². The van der Waals surface area contributed by atoms with E-state index in [1.807, 2.05) is 0 Å². The molecule has 1 aliphatic heterocycles. The molecule has 7 nitrogen and oxygen atoms in total. The monoisotopic (exact) mass is 372 g/mol. The van der Waals surface area contributed by atoms with Crippen molar-refractivity contribution in [1.82, 2.24) is 0 Å². The summed E-state index contributed by atoms with van der Waals surface area (Å²) in [6.07, 6.45) is -4.37. The average molecular weight is 372 g/mol. The Kier molecular flexibility index (Phi) is 6.18. The highest BCUT2D eigenvalue weighted by molar-refractivity contribution is 5.90. The lowest BCUT2D eigenvalue weighted by Gasteiger charge is -2.37. The quantitative estimate of drug-likeness (QED) is 0.768. The van der Waals surface area contributed by atoms with E-state index in [1.54, 1.807) is 60.7 Å². The van der Waals surface area contributed by atoms with Crippen LogP contribution in [-0.4, -0.2) is 53.4 Å². The van der Waals surface area contributed by atoms with Gasteiger partial charge < -0.3 is 24.4 Å². The van der Waals surface area contributed by atoms with E-state index in [9.17, 15) is 19.8 Å². The minimum Gasteiger partial charge on any atom is -0.455 e. The molecule has 0 amide bonds. The Morgan fingerprint density at radius 1 is 0.926 bits per heavy atom. The van der Waals surface area contributed by atoms with Gasteiger partial charge in [-0.15, -0.1) is 0 Å². The Hall–Kier alpha value is -2.74. The summed E-state index contributed by atoms with van der Waals surface area (Å²) in [5.74, 6) is -1.29. The van der Waals surface area contributed by atoms with E-state index < -0.39 is 36.5 Å². The van der Waals surface area contributed by atoms with Crippen molar-refractivity contribution >= 4 is 11.9 Å². The number of esters is 2. The molecule has 0 aromatic heterocycles. The predicted molar refractivity (Wildman–Crippen MR) is 93.9 cm³/mol. The number of hydrogen-bond donors (Lipinski definition) is 2. The molecular formula is C20H20O7. The summed E-state index contributed by atoms with van der Waals surface area (Å²) in [5, 5.41) is 19.6. The fraction of sp³-hybridized carbons (Fsp3) is 0.300. The van der Waals surface area contributed by atoms with Gasteiger partial charge in [-0.1, -0.05) is 36.4 Å². The van der Waals surface area contributed by atoms with Crippen LogP contribution in [0, 0.1) is 0 Å². The van der Waals surface area contributed by atoms with Crippen LogP contribution in [0.2, 0.25) is 0 Å². The van der Waals surface area contributed by atoms with Gasteiger partial charge in [0.15, 0.2) is 12.4 Å². The number of benzene rings is 2. The Labute approximate surface area is 156 Å². The molecule has 7 heteroatoms. The van der Waals surface area contributed by atoms with Crippen LogP contribution in [0.4, 0.5) is 0 Å². The summed E-state index contributed by atoms with van der Waals surface area (Å²) in [6, 6.07) is 16.6. The number of aliphatic hydroxyl groups is 2. The molecule has 0 spiro atoms. The number of ether oxygens (including phenoxy) is 3. The second kappa shape index (κ2) is 8.77. The molecule has 1 fully saturated rings. The van der Waals surface area contributed by atoms with Crippen molar-refractivity contribution in [3.63, 3.8) is 0 Å². The Balaban J connectivity index is 1.76. The first-order valence-corrected chi connectivity index (χ1v) is 8.55. The maximum absolute atomic E-state index is 12.4. The zero-order valence-electron chi connectivity index (χ0n) is 14.4. The molecule has 142 valence electrons. The number of carbonyl (C=O) groups is 2. The van der Waals surface area contributed by atoms with Crippen LogP contribution in [0.1, 0.15) is 27.1 Å². The summed E-state index contributed by atoms with van der Waals surface area (Å²) in [7, 11) is 0. The van der Waals surface area contributed by atoms with Crippen LogP contribution < -0.4 is 0 Å². The van der Waals surface area contributed by atoms with E-state index in [-0.39, 0.29) is 13.0 Å². The third-order valence-electron chi connectivity index (χ3n) is 4.20. The second-order valence-corrected chi connectivity index (χ2v) is 6.11. The van der Waals surface area contributed by atoms with Crippen LogP contribution >= 0.6 is 0 Å². The molecule has 1 saturated heterocycles. The largest absolute Gasteiger partial charge is 0.455 e. The smallest absolute Gasteiger partial charge is 0.338 e. The van der Waals surface area contributed by atoms with Gasteiger partial charge in [0, 0.05) is 6.42 Å². The number of rotatable bonds is 5. The molecule has 2 aromatic carbocycles. The van der Waals surface area contributed by atoms with Gasteiger partial charge in [0.1, 0.15) is 6.10 Å². The highest BCUT2D eigenvalue weighted by atomic mass is 16.7. The predicted octanol–water partition coefficient (Wildman–Crippen LogP) is 1.54. The van der Waals surface area contributed by atoms with Crippen molar-refractivity contribution in [3.8, 4) is 0 Å². The first kappa shape index (κ1) is 19.0. The lowest BCUT2D eigenvalue weighted by molar-refractivity contribution is -0.251. The van der Waals surface area contributed by atoms with Crippen molar-refractivity contribution in [1.29, 1.82) is 0 Å². The van der Waals surface area contributed by atoms with Crippen LogP contribution in [0.15, 0.2) is 60.7 Å². The van der Waals surface area contributed by atoms with Gasteiger partial charge in [0.25, 0.3) is 0 Å². The second-order valence-electron chi connectivity index (χ2n) is 6.11. The molecule has 0 unspecified atom stereocenters. The minimum atomic E-state index is -1.53. The summed E-state index contributed by atoms with van der Waals surface area (Å²) < 4.78 is 16.1. The summed E-state index contributed by atoms with van der Waals surface area (Å²) in [4.78, 5) is 24.7. The van der Waals surface area contributed by atoms with Crippen LogP contribution in [0.3, 0.4) is 0 Å². The third kappa shape index (κ3) is 4.71. The molecule has 0 saturated carbocycles. The van der Waals surface area contributed by atoms with E-state index in [4.69, 9.17) is 14.2 Å². The van der Waals surface area contributed by atoms with E-state index in [0.717, 1.165) is 0 Å². The van der Waals surface area contributed by atoms with Crippen molar-refractivity contribution in [2.45, 2.75) is 31.0 Å². The molecule has 0 bridgehead atoms. The number of aliphatic hydroxyl groups excluding tert-OH is 2. The van der Waals surface area contributed by atoms with E-state index in [2.05, 4.69) is 0 Å². The highest BCUT2D eigenvalue weighted by Gasteiger charge is 2.43. The lowest BCUT2D eigenvalue weighted by Crippen LogP contribution is -2.52. The molecule has 1 heterocycles. The van der Waals surface area contributed by atoms with Crippen LogP contribution in [0.5, 0.6) is 0 Å². The zero-order chi connectivity index (χ0) is 19.2. The fourth-order valence-corrected chi connectivity index (χ4v) is 2.82. The van der Waals surface area contributed by atoms with Gasteiger partial charge in [-0.3, -0.25) is 0 Å². The molecule has 2 N–H and O–H groups in total. The third-order valence-corrected chi connectivity index (χ3v) is 4.20. The van der Waals surface area contributed by atoms with Crippen LogP contribution in [-0.2, 0) is 14.2 Å². The van der Waals surface area contributed by atoms with Crippen LogP contribution in [0.25, 0.3) is 0 Å². The van der Waals surface area contributed by atoms with E-state index >= 15 is 0 Å². The Bertz CT molecular complexity index is 762. The summed E-state index contributed by atoms with van der Waals surface area (Å²) in [5.41, 5.74) is 0.620. The van der Waals surface area contributed by atoms with Gasteiger partial charge in [-0.05, 0) is 24.3 Å². The summed E-state index contributed by atoms with van der Waals surface area (Å²) >= 11 is 0. The van der Waals surface area contributed by atoms with Gasteiger partial charge in [0.05, 0.1) is 23.8 Å². The average Bonchev–Trinajstić information content (AvgIpc) is 2.71. The van der Waals surface area contributed by atoms with Gasteiger partial charge in [0.2, 0.25) is 0 Å². The molecule has 0 radical (unpaired) electrons. The minimum absolute atomic E-state index is 0.0822. The lowest BCUT2D eigenvalue weighted by atomic mass is 10.0. The summed E-state index contributed by atoms with van der Waals surface area (Å²) in [6.45, 7) is -0.365. The first-order valence-electron chi connectivity index (χ1n) is 8.55. The topological polar surface area (TPSA) is 102 Å². The van der Waals surface area contributed by atoms with Gasteiger partial charge >= 0.3 is 11.9 Å². The molecule has 2 aromatic rings. The molecule has 4 atom stereocenters. The van der Waals surface area contributed by atoms with Crippen molar-refractivity contribution in [2.75, 3.05) is 6.61 Å². The van der Waals surface area contributed by atoms with E-state index in [0.29, 0.717) is 11.1 Å². The zero-order valence-corrected chi connectivity index (χ0v) is 14.4.